The van der Waals surface area contributed by atoms with Crippen LogP contribution in [0.15, 0.2) is 0 Å². The topological polar surface area (TPSA) is 158 Å². The second kappa shape index (κ2) is 4.67. The van der Waals surface area contributed by atoms with Crippen molar-refractivity contribution in [1.29, 1.82) is 0 Å². The number of nitrogens with one attached hydrogen (secondary N) is 1. The van der Waals surface area contributed by atoms with Crippen LogP contribution in [0.2, 0.25) is 0 Å². The Labute approximate surface area is 91.6 Å². The molecule has 0 radical (unpaired) electrons. The summed E-state index contributed by atoms with van der Waals surface area (Å²) in [6.45, 7) is 0. The molecule has 0 saturated carbocycles. The lowest BCUT2D eigenvalue weighted by Gasteiger charge is -1.91. The van der Waals surface area contributed by atoms with Gasteiger partial charge in [-0.25, -0.2) is 4.57 Å². The maximum absolute atomic E-state index is 12.4. The molecular weight excluding hydrogens is 263 g/mol. The third-order valence-corrected chi connectivity index (χ3v) is 1.32. The zero-order chi connectivity index (χ0) is 13.2. The molecule has 2 aromatic heterocycles. The van der Waals surface area contributed by atoms with Crippen LogP contribution in [-0.2, 0) is 4.57 Å². The van der Waals surface area contributed by atoms with Gasteiger partial charge in [-0.1, -0.05) is 0 Å². The van der Waals surface area contributed by atoms with E-state index in [1.165, 1.54) is 0 Å². The van der Waals surface area contributed by atoms with Gasteiger partial charge in [0.1, 0.15) is 5.52 Å². The molecule has 2 heterocycles. The molecule has 6 N–H and O–H groups in total. The molecule has 0 aromatic carbocycles. The maximum Gasteiger partial charge on any atom is 0.466 e. The van der Waals surface area contributed by atoms with E-state index in [9.17, 15) is 8.78 Å². The Morgan fingerprint density at radius 2 is 1.71 bits per heavy atom. The van der Waals surface area contributed by atoms with Crippen LogP contribution < -0.4 is 5.73 Å². The summed E-state index contributed by atoms with van der Waals surface area (Å²) in [5, 5.41) is 0. The van der Waals surface area contributed by atoms with E-state index in [2.05, 4.69) is 19.9 Å². The normalized spacial score (nSPS) is 11.1. The first-order chi connectivity index (χ1) is 7.66. The van der Waals surface area contributed by atoms with Gasteiger partial charge in [0, 0.05) is 0 Å². The molecular formula is C5H6F2N5O4P. The number of phosphoric acid groups is 1. The molecule has 0 aliphatic heterocycles. The smallest absolute Gasteiger partial charge is 0.382 e. The van der Waals surface area contributed by atoms with Gasteiger partial charge in [0.25, 0.3) is 6.08 Å². The van der Waals surface area contributed by atoms with Crippen LogP contribution in [0.5, 0.6) is 0 Å². The Morgan fingerprint density at radius 3 is 2.24 bits per heavy atom. The van der Waals surface area contributed by atoms with Crippen molar-refractivity contribution in [3.05, 3.63) is 12.2 Å². The molecule has 0 fully saturated rings. The van der Waals surface area contributed by atoms with Crippen molar-refractivity contribution < 1.29 is 28.0 Å². The lowest BCUT2D eigenvalue weighted by atomic mass is 10.5. The minimum absolute atomic E-state index is 0.105. The number of aromatic amines is 1. The molecule has 0 aliphatic carbocycles. The lowest BCUT2D eigenvalue weighted by molar-refractivity contribution is 0.275. The molecule has 9 nitrogen and oxygen atoms in total. The fourth-order valence-corrected chi connectivity index (χ4v) is 0.863. The second-order valence-electron chi connectivity index (χ2n) is 2.62. The fourth-order valence-electron chi connectivity index (χ4n) is 0.863. The highest BCUT2D eigenvalue weighted by atomic mass is 31.2. The first-order valence-electron chi connectivity index (χ1n) is 3.79. The van der Waals surface area contributed by atoms with Crippen molar-refractivity contribution in [3.63, 3.8) is 0 Å². The minimum atomic E-state index is -4.64. The van der Waals surface area contributed by atoms with E-state index >= 15 is 0 Å². The molecule has 0 bridgehead atoms. The van der Waals surface area contributed by atoms with Crippen LogP contribution >= 0.6 is 7.82 Å². The number of rotatable bonds is 0. The Hall–Kier alpha value is -1.68. The molecule has 0 saturated heterocycles. The van der Waals surface area contributed by atoms with Gasteiger partial charge in [0.2, 0.25) is 0 Å². The SMILES string of the molecule is Nc1nc(F)nc2nc(F)[nH]c12.O=P(O)(O)O. The molecule has 94 valence electrons. The average Bonchev–Trinajstić information content (AvgIpc) is 2.42. The van der Waals surface area contributed by atoms with Gasteiger partial charge in [-0.2, -0.15) is 23.7 Å². The highest BCUT2D eigenvalue weighted by Crippen LogP contribution is 2.25. The Morgan fingerprint density at radius 1 is 1.18 bits per heavy atom. The number of anilines is 1. The van der Waals surface area contributed by atoms with Gasteiger partial charge in [0.05, 0.1) is 0 Å². The van der Waals surface area contributed by atoms with Gasteiger partial charge in [0.15, 0.2) is 11.5 Å². The van der Waals surface area contributed by atoms with Gasteiger partial charge in [-0.05, 0) is 0 Å². The number of nitrogen functional groups attached to an aromatic ring is 1. The van der Waals surface area contributed by atoms with Crippen LogP contribution in [0.3, 0.4) is 0 Å². The van der Waals surface area contributed by atoms with Crippen LogP contribution in [0.1, 0.15) is 0 Å². The van der Waals surface area contributed by atoms with E-state index in [1.54, 1.807) is 0 Å². The molecule has 12 heteroatoms. The van der Waals surface area contributed by atoms with E-state index in [0.717, 1.165) is 0 Å². The number of nitrogens with two attached hydrogens (primary N) is 1. The summed E-state index contributed by atoms with van der Waals surface area (Å²) in [6, 6.07) is 0. The Balaban J connectivity index is 0.000000249. The number of aromatic nitrogens is 4. The summed E-state index contributed by atoms with van der Waals surface area (Å²) in [5.74, 6) is -0.158. The summed E-state index contributed by atoms with van der Waals surface area (Å²) >= 11 is 0. The predicted octanol–water partition coefficient (Wildman–Crippen LogP) is -0.715. The fraction of sp³-hybridized carbons (Fsp3) is 0. The van der Waals surface area contributed by atoms with Gasteiger partial charge in [-0.3, -0.25) is 0 Å². The lowest BCUT2D eigenvalue weighted by Crippen LogP contribution is -1.97. The zero-order valence-electron chi connectivity index (χ0n) is 7.87. The number of fused-ring (bicyclic) bond motifs is 1. The number of nitrogens with zero attached hydrogens (tertiary/aromatic N) is 3. The van der Waals surface area contributed by atoms with Gasteiger partial charge in [-0.15, -0.1) is 0 Å². The van der Waals surface area contributed by atoms with Gasteiger partial charge < -0.3 is 25.4 Å². The highest BCUT2D eigenvalue weighted by molar-refractivity contribution is 7.45. The summed E-state index contributed by atoms with van der Waals surface area (Å²) < 4.78 is 33.7. The monoisotopic (exact) mass is 269 g/mol. The average molecular weight is 269 g/mol. The number of hydrogen-bond donors (Lipinski definition) is 5. The highest BCUT2D eigenvalue weighted by Gasteiger charge is 2.09. The van der Waals surface area contributed by atoms with Crippen LogP contribution in [-0.4, -0.2) is 34.6 Å². The maximum atomic E-state index is 12.4. The van der Waals surface area contributed by atoms with Crippen molar-refractivity contribution in [2.75, 3.05) is 5.73 Å². The third-order valence-electron chi connectivity index (χ3n) is 1.32. The number of hydrogen-bond acceptors (Lipinski definition) is 5. The standard InChI is InChI=1S/C5H3F2N5.H3O4P/c6-4-9-1-2(8)10-5(7)12-3(1)11-4;1-5(2,3)4/h(H3,8,9,10,11,12);(H3,1,2,3,4). The Kier molecular flexibility index (Phi) is 3.68. The van der Waals surface area contributed by atoms with Gasteiger partial charge >= 0.3 is 13.9 Å². The first kappa shape index (κ1) is 13.4. The number of imidazole rings is 1. The second-order valence-corrected chi connectivity index (χ2v) is 3.64. The quantitative estimate of drug-likeness (QED) is 0.238. The zero-order valence-corrected chi connectivity index (χ0v) is 8.77. The summed E-state index contributed by atoms with van der Waals surface area (Å²) in [4.78, 5) is 33.4. The first-order valence-corrected chi connectivity index (χ1v) is 5.36. The van der Waals surface area contributed by atoms with E-state index < -0.39 is 20.0 Å². The van der Waals surface area contributed by atoms with E-state index in [0.29, 0.717) is 0 Å². The Bertz CT molecular complexity index is 575. The minimum Gasteiger partial charge on any atom is -0.382 e. The molecule has 17 heavy (non-hydrogen) atoms. The van der Waals surface area contributed by atoms with Crippen molar-refractivity contribution >= 4 is 24.8 Å². The molecule has 0 amide bonds. The van der Waals surface area contributed by atoms with Crippen molar-refractivity contribution in [1.82, 2.24) is 19.9 Å². The van der Waals surface area contributed by atoms with Crippen molar-refractivity contribution in [2.24, 2.45) is 0 Å². The molecule has 0 spiro atoms. The van der Waals surface area contributed by atoms with E-state index in [4.69, 9.17) is 25.0 Å². The predicted molar refractivity (Wildman–Crippen MR) is 50.3 cm³/mol. The number of H-pyrrole nitrogens is 1. The number of halogens is 2. The van der Waals surface area contributed by atoms with Crippen molar-refractivity contribution in [3.8, 4) is 0 Å². The molecule has 0 atom stereocenters. The van der Waals surface area contributed by atoms with E-state index in [-0.39, 0.29) is 17.0 Å². The molecule has 2 aromatic rings. The molecule has 0 aliphatic rings. The van der Waals surface area contributed by atoms with Crippen LogP contribution in [0.4, 0.5) is 14.6 Å². The van der Waals surface area contributed by atoms with E-state index in [1.807, 2.05) is 0 Å². The largest absolute Gasteiger partial charge is 0.466 e. The summed E-state index contributed by atoms with van der Waals surface area (Å²) in [6.07, 6.45) is -1.89. The van der Waals surface area contributed by atoms with Crippen molar-refractivity contribution in [2.45, 2.75) is 0 Å². The van der Waals surface area contributed by atoms with Crippen LogP contribution in [0, 0.1) is 12.2 Å². The van der Waals surface area contributed by atoms with Crippen LogP contribution in [0.25, 0.3) is 11.2 Å². The molecule has 2 rings (SSSR count). The third kappa shape index (κ3) is 4.36. The molecule has 0 unspecified atom stereocenters. The summed E-state index contributed by atoms with van der Waals surface area (Å²) in [5.41, 5.74) is 5.23. The summed E-state index contributed by atoms with van der Waals surface area (Å²) in [7, 11) is -4.64.